The van der Waals surface area contributed by atoms with Crippen LogP contribution in [0.25, 0.3) is 0 Å². The van der Waals surface area contributed by atoms with Gasteiger partial charge in [-0.05, 0) is 18.2 Å². The van der Waals surface area contributed by atoms with Crippen molar-refractivity contribution in [2.45, 2.75) is 13.1 Å². The lowest BCUT2D eigenvalue weighted by Crippen LogP contribution is -2.40. The van der Waals surface area contributed by atoms with E-state index in [0.717, 1.165) is 16.7 Å². The van der Waals surface area contributed by atoms with Gasteiger partial charge in [-0.25, -0.2) is 0 Å². The molecule has 6 heteroatoms. The fraction of sp³-hybridized carbons (Fsp3) is 0.0909. The van der Waals surface area contributed by atoms with Crippen LogP contribution in [0.15, 0.2) is 73.1 Å². The number of benzene rings is 2. The van der Waals surface area contributed by atoms with E-state index in [1.807, 2.05) is 59.3 Å². The van der Waals surface area contributed by atoms with E-state index in [1.165, 1.54) is 0 Å². The van der Waals surface area contributed by atoms with Crippen LogP contribution in [0.3, 0.4) is 0 Å². The van der Waals surface area contributed by atoms with Gasteiger partial charge in [-0.2, -0.15) is 19.9 Å². The summed E-state index contributed by atoms with van der Waals surface area (Å²) in [7, 11) is 0. The average molecular weight is 369 g/mol. The summed E-state index contributed by atoms with van der Waals surface area (Å²) in [5, 5.41) is 9.25. The first kappa shape index (κ1) is 17.4. The highest BCUT2D eigenvalue weighted by Gasteiger charge is 2.26. The van der Waals surface area contributed by atoms with Gasteiger partial charge in [0.1, 0.15) is 12.1 Å². The number of aromatic nitrogens is 1. The second kappa shape index (κ2) is 7.33. The maximum atomic E-state index is 12.7. The molecule has 3 aromatic rings. The number of nitrogens with zero attached hydrogens (tertiary/aromatic N) is 3. The van der Waals surface area contributed by atoms with Crippen molar-refractivity contribution < 1.29 is 14.0 Å². The zero-order valence-electron chi connectivity index (χ0n) is 15.2. The van der Waals surface area contributed by atoms with Crippen molar-refractivity contribution >= 4 is 11.7 Å². The molecule has 0 spiro atoms. The zero-order valence-corrected chi connectivity index (χ0v) is 15.2. The van der Waals surface area contributed by atoms with E-state index in [9.17, 15) is 10.1 Å². The maximum Gasteiger partial charge on any atom is 0.299 e. The smallest absolute Gasteiger partial charge is 0.285 e. The van der Waals surface area contributed by atoms with Gasteiger partial charge in [0.2, 0.25) is 0 Å². The van der Waals surface area contributed by atoms with E-state index in [4.69, 9.17) is 5.73 Å². The van der Waals surface area contributed by atoms with Crippen LogP contribution in [-0.2, 0) is 13.1 Å². The first-order chi connectivity index (χ1) is 13.7. The zero-order chi connectivity index (χ0) is 19.5. The SMILES string of the molecule is N#Cc1ccccc1C[n+]1cccc(C(=O)N[N+]2=C(N)c3ccccc3C2)c1. The van der Waals surface area contributed by atoms with Crippen LogP contribution in [0.5, 0.6) is 0 Å². The summed E-state index contributed by atoms with van der Waals surface area (Å²) in [6.07, 6.45) is 3.64. The van der Waals surface area contributed by atoms with Gasteiger partial charge in [0, 0.05) is 17.2 Å². The molecular weight excluding hydrogens is 350 g/mol. The summed E-state index contributed by atoms with van der Waals surface area (Å²) in [5.41, 5.74) is 13.1. The number of amidine groups is 1. The quantitative estimate of drug-likeness (QED) is 0.683. The number of hydrogen-bond donors (Lipinski definition) is 2. The van der Waals surface area contributed by atoms with Crippen LogP contribution in [0.4, 0.5) is 0 Å². The number of fused-ring (bicyclic) bond motifs is 1. The molecule has 0 saturated carbocycles. The second-order valence-electron chi connectivity index (χ2n) is 6.60. The van der Waals surface area contributed by atoms with Crippen LogP contribution < -0.4 is 15.7 Å². The summed E-state index contributed by atoms with van der Waals surface area (Å²) < 4.78 is 3.55. The fourth-order valence-electron chi connectivity index (χ4n) is 3.31. The minimum atomic E-state index is -0.237. The summed E-state index contributed by atoms with van der Waals surface area (Å²) in [4.78, 5) is 12.7. The Labute approximate surface area is 162 Å². The number of nitrogens with two attached hydrogens (primary N) is 1. The van der Waals surface area contributed by atoms with Crippen molar-refractivity contribution in [1.82, 2.24) is 5.43 Å². The number of hydrazine groups is 1. The Bertz CT molecular complexity index is 1140. The lowest BCUT2D eigenvalue weighted by atomic mass is 10.1. The number of pyridine rings is 1. The number of carbonyl (C=O) groups is 1. The maximum absolute atomic E-state index is 12.7. The van der Waals surface area contributed by atoms with Crippen LogP contribution in [0, 0.1) is 11.3 Å². The predicted octanol–water partition coefficient (Wildman–Crippen LogP) is 1.47. The first-order valence-electron chi connectivity index (χ1n) is 8.92. The van der Waals surface area contributed by atoms with Crippen molar-refractivity contribution in [3.05, 3.63) is 101 Å². The van der Waals surface area contributed by atoms with Gasteiger partial charge in [-0.3, -0.25) is 10.5 Å². The van der Waals surface area contributed by atoms with E-state index in [2.05, 4.69) is 11.5 Å². The molecule has 2 aromatic carbocycles. The first-order valence-corrected chi connectivity index (χ1v) is 8.92. The van der Waals surface area contributed by atoms with Crippen LogP contribution in [0.1, 0.15) is 32.6 Å². The average Bonchev–Trinajstić information content (AvgIpc) is 3.04. The largest absolute Gasteiger partial charge is 0.299 e. The van der Waals surface area contributed by atoms with Gasteiger partial charge >= 0.3 is 0 Å². The third-order valence-corrected chi connectivity index (χ3v) is 4.76. The summed E-state index contributed by atoms with van der Waals surface area (Å²) >= 11 is 0. The van der Waals surface area contributed by atoms with Crippen LogP contribution in [-0.4, -0.2) is 16.4 Å². The minimum absolute atomic E-state index is 0.237. The Kier molecular flexibility index (Phi) is 4.56. The molecule has 0 aliphatic carbocycles. The van der Waals surface area contributed by atoms with Gasteiger partial charge in [0.15, 0.2) is 18.9 Å². The molecule has 1 aliphatic rings. The molecule has 6 nitrogen and oxygen atoms in total. The molecule has 3 N–H and O–H groups in total. The number of rotatable bonds is 4. The van der Waals surface area contributed by atoms with Gasteiger partial charge in [-0.1, -0.05) is 36.4 Å². The lowest BCUT2D eigenvalue weighted by molar-refractivity contribution is -0.688. The monoisotopic (exact) mass is 369 g/mol. The third kappa shape index (κ3) is 3.33. The van der Waals surface area contributed by atoms with E-state index < -0.39 is 0 Å². The molecule has 1 aliphatic heterocycles. The molecule has 4 rings (SSSR count). The number of nitrogens with one attached hydrogen (secondary N) is 1. The number of nitriles is 1. The highest BCUT2D eigenvalue weighted by Crippen LogP contribution is 2.15. The predicted molar refractivity (Wildman–Crippen MR) is 103 cm³/mol. The van der Waals surface area contributed by atoms with Crippen LogP contribution in [0.2, 0.25) is 0 Å². The normalized spacial score (nSPS) is 12.4. The molecule has 0 radical (unpaired) electrons. The minimum Gasteiger partial charge on any atom is -0.285 e. The number of amides is 1. The fourth-order valence-corrected chi connectivity index (χ4v) is 3.31. The molecule has 1 amide bonds. The van der Waals surface area contributed by atoms with E-state index in [0.29, 0.717) is 30.1 Å². The molecule has 28 heavy (non-hydrogen) atoms. The number of hydrazone groups is 1. The number of carbonyl (C=O) groups excluding carboxylic acids is 1. The highest BCUT2D eigenvalue weighted by atomic mass is 16.2. The number of hydrogen-bond acceptors (Lipinski definition) is 3. The molecule has 136 valence electrons. The molecule has 2 heterocycles. The standard InChI is InChI=1S/C22H17N5O/c23-12-16-6-1-2-7-17(16)13-26-11-5-9-19(14-26)22(28)25-27-15-18-8-3-4-10-20(18)21(27)24/h1-11,14,24H,13,15H2/p+2. The van der Waals surface area contributed by atoms with Crippen molar-refractivity contribution in [2.24, 2.45) is 5.73 Å². The van der Waals surface area contributed by atoms with Crippen molar-refractivity contribution in [3.8, 4) is 6.07 Å². The van der Waals surface area contributed by atoms with Crippen molar-refractivity contribution in [3.63, 3.8) is 0 Å². The Morgan fingerprint density at radius 1 is 1.11 bits per heavy atom. The van der Waals surface area contributed by atoms with Crippen LogP contribution >= 0.6 is 0 Å². The van der Waals surface area contributed by atoms with Gasteiger partial charge < -0.3 is 0 Å². The molecule has 0 fully saturated rings. The molecular formula is C22H19N5O+2. The van der Waals surface area contributed by atoms with Crippen molar-refractivity contribution in [2.75, 3.05) is 0 Å². The summed E-state index contributed by atoms with van der Waals surface area (Å²) in [6.45, 7) is 1.05. The van der Waals surface area contributed by atoms with Gasteiger partial charge in [0.25, 0.3) is 11.7 Å². The summed E-state index contributed by atoms with van der Waals surface area (Å²) in [5.74, 6) is 0.300. The highest BCUT2D eigenvalue weighted by molar-refractivity contribution is 5.98. The van der Waals surface area contributed by atoms with E-state index in [1.54, 1.807) is 23.0 Å². The second-order valence-corrected chi connectivity index (χ2v) is 6.60. The van der Waals surface area contributed by atoms with Crippen molar-refractivity contribution in [1.29, 1.82) is 5.26 Å². The molecule has 0 unspecified atom stereocenters. The molecule has 0 saturated heterocycles. The van der Waals surface area contributed by atoms with Gasteiger partial charge in [0.05, 0.1) is 17.2 Å². The van der Waals surface area contributed by atoms with E-state index in [-0.39, 0.29) is 5.91 Å². The Morgan fingerprint density at radius 3 is 2.71 bits per heavy atom. The molecule has 0 atom stereocenters. The molecule has 1 aromatic heterocycles. The Balaban J connectivity index is 1.53. The lowest BCUT2D eigenvalue weighted by Gasteiger charge is -2.05. The topological polar surface area (TPSA) is 85.8 Å². The third-order valence-electron chi connectivity index (χ3n) is 4.76. The molecule has 0 bridgehead atoms. The Hall–Kier alpha value is -3.98. The van der Waals surface area contributed by atoms with Gasteiger partial charge in [-0.15, -0.1) is 0 Å². The summed E-state index contributed by atoms with van der Waals surface area (Å²) in [6, 6.07) is 21.0. The Morgan fingerprint density at radius 2 is 1.89 bits per heavy atom. The van der Waals surface area contributed by atoms with E-state index >= 15 is 0 Å².